The number of hydrogen-bond donors (Lipinski definition) is 1. The molecule has 33 heavy (non-hydrogen) atoms. The van der Waals surface area contributed by atoms with Crippen molar-refractivity contribution in [3.63, 3.8) is 0 Å². The lowest BCUT2D eigenvalue weighted by molar-refractivity contribution is -0.122. The number of hydrogen-bond acceptors (Lipinski definition) is 3. The fourth-order valence-corrected chi connectivity index (χ4v) is 5.08. The van der Waals surface area contributed by atoms with Crippen LogP contribution >= 0.6 is 23.2 Å². The highest BCUT2D eigenvalue weighted by Crippen LogP contribution is 2.60. The second-order valence-electron chi connectivity index (χ2n) is 7.51. The van der Waals surface area contributed by atoms with Gasteiger partial charge in [0.15, 0.2) is 33.0 Å². The third-order valence-corrected chi connectivity index (χ3v) is 7.27. The zero-order chi connectivity index (χ0) is 24.5. The molecule has 4 rings (SSSR count). The molecular formula is C22H12Cl2F5NO3. The normalized spacial score (nSPS) is 26.9. The Hall–Kier alpha value is -2.91. The van der Waals surface area contributed by atoms with Crippen LogP contribution in [0.1, 0.15) is 17.9 Å². The summed E-state index contributed by atoms with van der Waals surface area (Å²) in [5, 5.41) is 9.59. The molecular weight excluding hydrogens is 492 g/mol. The minimum absolute atomic E-state index is 0.128. The van der Waals surface area contributed by atoms with Crippen molar-refractivity contribution in [2.75, 3.05) is 4.90 Å². The molecule has 4 nitrogen and oxygen atoms in total. The van der Waals surface area contributed by atoms with Crippen LogP contribution in [-0.4, -0.2) is 26.7 Å². The number of carbonyl (C=O) groups is 2. The highest BCUT2D eigenvalue weighted by atomic mass is 35.5. The van der Waals surface area contributed by atoms with E-state index < -0.39 is 68.7 Å². The molecule has 2 amide bonds. The number of anilines is 1. The molecule has 1 heterocycles. The van der Waals surface area contributed by atoms with E-state index in [-0.39, 0.29) is 16.2 Å². The van der Waals surface area contributed by atoms with Crippen LogP contribution in [0, 0.1) is 29.1 Å². The van der Waals surface area contributed by atoms with Crippen molar-refractivity contribution in [1.82, 2.24) is 0 Å². The van der Waals surface area contributed by atoms with E-state index in [1.54, 1.807) is 0 Å². The first-order chi connectivity index (χ1) is 15.4. The van der Waals surface area contributed by atoms with Gasteiger partial charge in [0.05, 0.1) is 0 Å². The standard InChI is InChI=1S/C22H12Cl2F5NO3/c1-2-9-7-8-21(23)19(32)30(18-16(28)14(26)13(25)15(27)17(18)29)20(33)22(21,24)12(9)10-3-5-11(31)6-4-10/h2-7,12,31H,1,8H2/t12-,21-,22+/m1/s1. The van der Waals surface area contributed by atoms with E-state index in [1.807, 2.05) is 0 Å². The predicted octanol–water partition coefficient (Wildman–Crippen LogP) is 5.22. The summed E-state index contributed by atoms with van der Waals surface area (Å²) in [5.41, 5.74) is -1.16. The lowest BCUT2D eigenvalue weighted by Gasteiger charge is -2.42. The van der Waals surface area contributed by atoms with E-state index in [9.17, 15) is 36.6 Å². The Kier molecular flexibility index (Phi) is 5.33. The van der Waals surface area contributed by atoms with Crippen LogP contribution in [-0.2, 0) is 9.59 Å². The van der Waals surface area contributed by atoms with Gasteiger partial charge in [-0.1, -0.05) is 30.9 Å². The fraction of sp³-hybridized carbons (Fsp3) is 0.182. The predicted molar refractivity (Wildman–Crippen MR) is 110 cm³/mol. The number of imide groups is 1. The Balaban J connectivity index is 1.99. The average Bonchev–Trinajstić information content (AvgIpc) is 2.95. The van der Waals surface area contributed by atoms with Crippen LogP contribution < -0.4 is 4.90 Å². The number of fused-ring (bicyclic) bond motifs is 1. The number of alkyl halides is 2. The summed E-state index contributed by atoms with van der Waals surface area (Å²) in [6.07, 6.45) is 2.37. The molecule has 1 N–H and O–H groups in total. The minimum Gasteiger partial charge on any atom is -0.508 e. The van der Waals surface area contributed by atoms with Crippen LogP contribution in [0.4, 0.5) is 27.6 Å². The number of benzene rings is 2. The van der Waals surface area contributed by atoms with Gasteiger partial charge in [0.25, 0.3) is 11.8 Å². The maximum atomic E-state index is 14.5. The molecule has 1 aliphatic carbocycles. The molecule has 1 aliphatic heterocycles. The first kappa shape index (κ1) is 23.3. The summed E-state index contributed by atoms with van der Waals surface area (Å²) in [4.78, 5) is 21.8. The molecule has 1 fully saturated rings. The highest BCUT2D eigenvalue weighted by Gasteiger charge is 2.73. The summed E-state index contributed by atoms with van der Waals surface area (Å²) in [6.45, 7) is 3.64. The number of amides is 2. The minimum atomic E-state index is -2.45. The topological polar surface area (TPSA) is 57.6 Å². The van der Waals surface area contributed by atoms with E-state index in [2.05, 4.69) is 6.58 Å². The number of rotatable bonds is 3. The summed E-state index contributed by atoms with van der Waals surface area (Å²) >= 11 is 13.3. The van der Waals surface area contributed by atoms with Gasteiger partial charge in [-0.2, -0.15) is 0 Å². The van der Waals surface area contributed by atoms with Crippen LogP contribution in [0.2, 0.25) is 0 Å². The molecule has 0 spiro atoms. The van der Waals surface area contributed by atoms with Crippen molar-refractivity contribution in [2.24, 2.45) is 0 Å². The molecule has 3 atom stereocenters. The van der Waals surface area contributed by atoms with Gasteiger partial charge in [-0.3, -0.25) is 9.59 Å². The molecule has 2 aromatic rings. The average molecular weight is 504 g/mol. The van der Waals surface area contributed by atoms with Gasteiger partial charge in [0, 0.05) is 5.92 Å². The number of phenolic OH excluding ortho intramolecular Hbond substituents is 1. The molecule has 0 aromatic heterocycles. The monoisotopic (exact) mass is 503 g/mol. The van der Waals surface area contributed by atoms with Crippen molar-refractivity contribution in [1.29, 1.82) is 0 Å². The van der Waals surface area contributed by atoms with E-state index in [0.717, 1.165) is 0 Å². The van der Waals surface area contributed by atoms with E-state index in [1.165, 1.54) is 36.4 Å². The van der Waals surface area contributed by atoms with Crippen molar-refractivity contribution >= 4 is 40.7 Å². The third kappa shape index (κ3) is 2.88. The van der Waals surface area contributed by atoms with Crippen molar-refractivity contribution < 1.29 is 36.6 Å². The lowest BCUT2D eigenvalue weighted by Crippen LogP contribution is -2.54. The number of halogens is 7. The molecule has 1 saturated heterocycles. The maximum Gasteiger partial charge on any atom is 0.258 e. The fourth-order valence-electron chi connectivity index (χ4n) is 4.23. The first-order valence-corrected chi connectivity index (χ1v) is 10.1. The van der Waals surface area contributed by atoms with E-state index >= 15 is 0 Å². The molecule has 172 valence electrons. The van der Waals surface area contributed by atoms with Crippen LogP contribution in [0.15, 0.2) is 48.6 Å². The number of phenols is 1. The summed E-state index contributed by atoms with van der Waals surface area (Å²) < 4.78 is 70.3. The SMILES string of the molecule is C=CC1=CC[C@@]2(Cl)C(=O)N(c3c(F)c(F)c(F)c(F)c3F)C(=O)[C@@]2(Cl)[C@H]1c1ccc(O)cc1. The van der Waals surface area contributed by atoms with E-state index in [0.29, 0.717) is 5.57 Å². The first-order valence-electron chi connectivity index (χ1n) is 9.31. The Morgan fingerprint density at radius 3 is 1.97 bits per heavy atom. The van der Waals surface area contributed by atoms with Crippen LogP contribution in [0.25, 0.3) is 0 Å². The van der Waals surface area contributed by atoms with Crippen molar-refractivity contribution in [3.05, 3.63) is 83.2 Å². The molecule has 0 radical (unpaired) electrons. The summed E-state index contributed by atoms with van der Waals surface area (Å²) in [7, 11) is 0. The second-order valence-corrected chi connectivity index (χ2v) is 8.76. The van der Waals surface area contributed by atoms with Gasteiger partial charge < -0.3 is 5.11 Å². The largest absolute Gasteiger partial charge is 0.508 e. The Morgan fingerprint density at radius 1 is 0.939 bits per heavy atom. The van der Waals surface area contributed by atoms with Gasteiger partial charge >= 0.3 is 0 Å². The van der Waals surface area contributed by atoms with E-state index in [4.69, 9.17) is 23.2 Å². The molecule has 11 heteroatoms. The lowest BCUT2D eigenvalue weighted by atomic mass is 9.68. The Morgan fingerprint density at radius 2 is 1.45 bits per heavy atom. The number of carbonyl (C=O) groups excluding carboxylic acids is 2. The van der Waals surface area contributed by atoms with Crippen molar-refractivity contribution in [3.8, 4) is 5.75 Å². The number of nitrogens with zero attached hydrogens (tertiary/aromatic N) is 1. The summed E-state index contributed by atoms with van der Waals surface area (Å²) in [6, 6.07) is 5.29. The molecule has 2 aromatic carbocycles. The second kappa shape index (κ2) is 7.56. The number of aromatic hydroxyl groups is 1. The number of allylic oxidation sites excluding steroid dienone is 3. The zero-order valence-electron chi connectivity index (χ0n) is 16.3. The Labute approximate surface area is 193 Å². The quantitative estimate of drug-likeness (QED) is 0.205. The van der Waals surface area contributed by atoms with Gasteiger partial charge in [0.2, 0.25) is 5.82 Å². The maximum absolute atomic E-state index is 14.5. The van der Waals surface area contributed by atoms with Gasteiger partial charge in [0.1, 0.15) is 11.4 Å². The Bertz CT molecular complexity index is 1240. The highest BCUT2D eigenvalue weighted by molar-refractivity contribution is 6.58. The summed E-state index contributed by atoms with van der Waals surface area (Å²) in [5.74, 6) is -16.2. The van der Waals surface area contributed by atoms with Gasteiger partial charge in [-0.25, -0.2) is 26.9 Å². The molecule has 2 aliphatic rings. The smallest absolute Gasteiger partial charge is 0.258 e. The third-order valence-electron chi connectivity index (χ3n) is 5.86. The molecule has 0 unspecified atom stereocenters. The van der Waals surface area contributed by atoms with Gasteiger partial charge in [-0.05, 0) is 29.7 Å². The van der Waals surface area contributed by atoms with Crippen LogP contribution in [0.3, 0.4) is 0 Å². The molecule has 0 saturated carbocycles. The van der Waals surface area contributed by atoms with Crippen molar-refractivity contribution in [2.45, 2.75) is 22.1 Å². The van der Waals surface area contributed by atoms with Gasteiger partial charge in [-0.15, -0.1) is 23.2 Å². The zero-order valence-corrected chi connectivity index (χ0v) is 17.8. The molecule has 0 bridgehead atoms. The van der Waals surface area contributed by atoms with Crippen LogP contribution in [0.5, 0.6) is 5.75 Å².